The van der Waals surface area contributed by atoms with Gasteiger partial charge in [0.15, 0.2) is 11.5 Å². The topological polar surface area (TPSA) is 85.3 Å². The molecule has 1 amide bonds. The van der Waals surface area contributed by atoms with Crippen molar-refractivity contribution in [3.05, 3.63) is 59.2 Å². The summed E-state index contributed by atoms with van der Waals surface area (Å²) in [7, 11) is 3.07. The zero-order valence-electron chi connectivity index (χ0n) is 15.9. The van der Waals surface area contributed by atoms with Gasteiger partial charge in [-0.2, -0.15) is 0 Å². The second-order valence-corrected chi connectivity index (χ2v) is 6.50. The molecule has 0 radical (unpaired) electrons. The largest absolute Gasteiger partial charge is 0.493 e. The van der Waals surface area contributed by atoms with Gasteiger partial charge in [0.2, 0.25) is 0 Å². The normalized spacial score (nSPS) is 15.5. The molecule has 1 atom stereocenters. The number of carboxylic acid groups (broad SMARTS) is 1. The van der Waals surface area contributed by atoms with Crippen LogP contribution in [0.25, 0.3) is 0 Å². The van der Waals surface area contributed by atoms with Gasteiger partial charge in [0.25, 0.3) is 0 Å². The van der Waals surface area contributed by atoms with E-state index in [9.17, 15) is 14.7 Å². The van der Waals surface area contributed by atoms with Crippen LogP contribution in [0.5, 0.6) is 11.5 Å². The summed E-state index contributed by atoms with van der Waals surface area (Å²) >= 11 is 0. The minimum atomic E-state index is -0.992. The average Bonchev–Trinajstić information content (AvgIpc) is 2.71. The Kier molecular flexibility index (Phi) is 6.03. The Hall–Kier alpha value is -3.22. The highest BCUT2D eigenvalue weighted by atomic mass is 16.6. The molecular formula is C21H23NO6. The highest BCUT2D eigenvalue weighted by Crippen LogP contribution is 2.39. The van der Waals surface area contributed by atoms with Crippen molar-refractivity contribution < 1.29 is 28.9 Å². The zero-order chi connectivity index (χ0) is 20.1. The van der Waals surface area contributed by atoms with Crippen molar-refractivity contribution in [3.8, 4) is 11.5 Å². The summed E-state index contributed by atoms with van der Waals surface area (Å²) in [5, 5.41) is 9.39. The molecule has 0 fully saturated rings. The summed E-state index contributed by atoms with van der Waals surface area (Å²) in [6, 6.07) is 12.3. The number of carbonyl (C=O) groups excluding carboxylic acids is 1. The van der Waals surface area contributed by atoms with Gasteiger partial charge >= 0.3 is 12.1 Å². The van der Waals surface area contributed by atoms with Crippen molar-refractivity contribution in [1.82, 2.24) is 4.90 Å². The Bertz CT molecular complexity index is 851. The summed E-state index contributed by atoms with van der Waals surface area (Å²) in [4.78, 5) is 25.7. The Labute approximate surface area is 163 Å². The zero-order valence-corrected chi connectivity index (χ0v) is 15.9. The molecule has 1 aliphatic rings. The molecule has 3 rings (SSSR count). The first-order valence-corrected chi connectivity index (χ1v) is 8.97. The third-order valence-corrected chi connectivity index (χ3v) is 4.81. The lowest BCUT2D eigenvalue weighted by Crippen LogP contribution is -2.41. The molecule has 0 spiro atoms. The molecule has 1 heterocycles. The highest BCUT2D eigenvalue weighted by molar-refractivity contribution is 5.73. The van der Waals surface area contributed by atoms with Crippen molar-refractivity contribution >= 4 is 12.1 Å². The standard InChI is InChI=1S/C21H23NO6/c1-26-18-10-15-8-9-22(21(25)28-13-14-6-4-3-5-7-14)17(12-20(23)24)16(15)11-19(18)27-2/h3-7,10-11,17H,8-9,12-13H2,1-2H3,(H,23,24). The van der Waals surface area contributed by atoms with Crippen LogP contribution in [0.1, 0.15) is 29.2 Å². The monoisotopic (exact) mass is 385 g/mol. The van der Waals surface area contributed by atoms with Crippen LogP contribution in [0.4, 0.5) is 4.79 Å². The number of carbonyl (C=O) groups is 2. The second-order valence-electron chi connectivity index (χ2n) is 6.50. The number of hydrogen-bond donors (Lipinski definition) is 1. The maximum atomic E-state index is 12.7. The van der Waals surface area contributed by atoms with Crippen LogP contribution in [-0.4, -0.2) is 42.8 Å². The van der Waals surface area contributed by atoms with E-state index in [4.69, 9.17) is 14.2 Å². The summed E-state index contributed by atoms with van der Waals surface area (Å²) in [6.45, 7) is 0.503. The molecule has 28 heavy (non-hydrogen) atoms. The lowest BCUT2D eigenvalue weighted by Gasteiger charge is -2.36. The minimum Gasteiger partial charge on any atom is -0.493 e. The van der Waals surface area contributed by atoms with Gasteiger partial charge in [-0.25, -0.2) is 4.79 Å². The highest BCUT2D eigenvalue weighted by Gasteiger charge is 2.34. The first kappa shape index (κ1) is 19.5. The molecule has 0 saturated heterocycles. The number of rotatable bonds is 6. The minimum absolute atomic E-state index is 0.134. The van der Waals surface area contributed by atoms with E-state index in [1.54, 1.807) is 13.2 Å². The number of methoxy groups -OCH3 is 2. The molecule has 1 aliphatic heterocycles. The predicted octanol–water partition coefficient (Wildman–Crippen LogP) is 3.41. The van der Waals surface area contributed by atoms with E-state index in [0.717, 1.165) is 16.7 Å². The molecule has 0 aromatic heterocycles. The summed E-state index contributed by atoms with van der Waals surface area (Å²) in [5.74, 6) is 0.0834. The summed E-state index contributed by atoms with van der Waals surface area (Å²) in [5.41, 5.74) is 2.55. The average molecular weight is 385 g/mol. The van der Waals surface area contributed by atoms with Gasteiger partial charge in [-0.05, 0) is 35.2 Å². The van der Waals surface area contributed by atoms with Gasteiger partial charge in [-0.15, -0.1) is 0 Å². The van der Waals surface area contributed by atoms with Crippen LogP contribution < -0.4 is 9.47 Å². The molecule has 148 valence electrons. The molecule has 2 aromatic carbocycles. The van der Waals surface area contributed by atoms with Gasteiger partial charge in [0.1, 0.15) is 6.61 Å². The van der Waals surface area contributed by atoms with E-state index in [1.165, 1.54) is 12.0 Å². The summed E-state index contributed by atoms with van der Waals surface area (Å²) in [6.07, 6.45) is -0.176. The number of ether oxygens (including phenoxy) is 3. The van der Waals surface area contributed by atoms with Crippen LogP contribution >= 0.6 is 0 Å². The lowest BCUT2D eigenvalue weighted by atomic mass is 9.90. The van der Waals surface area contributed by atoms with Crippen molar-refractivity contribution in [2.45, 2.75) is 25.5 Å². The number of amides is 1. The van der Waals surface area contributed by atoms with Gasteiger partial charge in [-0.1, -0.05) is 30.3 Å². The Morgan fingerprint density at radius 3 is 2.43 bits per heavy atom. The number of carboxylic acids is 1. The molecule has 2 aromatic rings. The Balaban J connectivity index is 1.85. The molecule has 0 aliphatic carbocycles. The Morgan fingerprint density at radius 2 is 1.79 bits per heavy atom. The quantitative estimate of drug-likeness (QED) is 0.820. The Morgan fingerprint density at radius 1 is 1.11 bits per heavy atom. The lowest BCUT2D eigenvalue weighted by molar-refractivity contribution is -0.138. The second kappa shape index (κ2) is 8.65. The number of fused-ring (bicyclic) bond motifs is 1. The predicted molar refractivity (Wildman–Crippen MR) is 102 cm³/mol. The fourth-order valence-corrected chi connectivity index (χ4v) is 3.43. The number of nitrogens with zero attached hydrogens (tertiary/aromatic N) is 1. The van der Waals surface area contributed by atoms with Gasteiger partial charge in [0, 0.05) is 6.54 Å². The third-order valence-electron chi connectivity index (χ3n) is 4.81. The van der Waals surface area contributed by atoms with Crippen molar-refractivity contribution in [3.63, 3.8) is 0 Å². The molecule has 1 N–H and O–H groups in total. The fourth-order valence-electron chi connectivity index (χ4n) is 3.43. The molecule has 1 unspecified atom stereocenters. The van der Waals surface area contributed by atoms with Crippen LogP contribution in [0.2, 0.25) is 0 Å². The first-order valence-electron chi connectivity index (χ1n) is 8.97. The van der Waals surface area contributed by atoms with E-state index in [-0.39, 0.29) is 13.0 Å². The van der Waals surface area contributed by atoms with Crippen LogP contribution in [0.3, 0.4) is 0 Å². The van der Waals surface area contributed by atoms with Crippen LogP contribution in [-0.2, 0) is 22.6 Å². The molecule has 7 heteroatoms. The molecule has 0 saturated carbocycles. The number of hydrogen-bond acceptors (Lipinski definition) is 5. The SMILES string of the molecule is COc1cc2c(cc1OC)C(CC(=O)O)N(C(=O)OCc1ccccc1)CC2. The van der Waals surface area contributed by atoms with Crippen LogP contribution in [0, 0.1) is 0 Å². The summed E-state index contributed by atoms with van der Waals surface area (Å²) < 4.78 is 16.1. The number of benzene rings is 2. The third kappa shape index (κ3) is 4.19. The van der Waals surface area contributed by atoms with Crippen molar-refractivity contribution in [2.75, 3.05) is 20.8 Å². The van der Waals surface area contributed by atoms with Crippen molar-refractivity contribution in [2.24, 2.45) is 0 Å². The van der Waals surface area contributed by atoms with E-state index in [2.05, 4.69) is 0 Å². The smallest absolute Gasteiger partial charge is 0.410 e. The van der Waals surface area contributed by atoms with E-state index >= 15 is 0 Å². The van der Waals surface area contributed by atoms with Gasteiger partial charge in [0.05, 0.1) is 26.7 Å². The first-order chi connectivity index (χ1) is 13.5. The van der Waals surface area contributed by atoms with Gasteiger partial charge < -0.3 is 24.2 Å². The van der Waals surface area contributed by atoms with E-state index < -0.39 is 18.1 Å². The van der Waals surface area contributed by atoms with Crippen molar-refractivity contribution in [1.29, 1.82) is 0 Å². The van der Waals surface area contributed by atoms with Gasteiger partial charge in [-0.3, -0.25) is 4.79 Å². The van der Waals surface area contributed by atoms with E-state index in [0.29, 0.717) is 24.5 Å². The number of aliphatic carboxylic acids is 1. The fraction of sp³-hybridized carbons (Fsp3) is 0.333. The molecular weight excluding hydrogens is 362 g/mol. The molecule has 7 nitrogen and oxygen atoms in total. The van der Waals surface area contributed by atoms with Crippen LogP contribution in [0.15, 0.2) is 42.5 Å². The molecule has 0 bridgehead atoms. The maximum absolute atomic E-state index is 12.7. The van der Waals surface area contributed by atoms with E-state index in [1.807, 2.05) is 36.4 Å². The maximum Gasteiger partial charge on any atom is 0.410 e.